The molecule has 0 spiro atoms. The zero-order valence-electron chi connectivity index (χ0n) is 14.6. The molecule has 2 N–H and O–H groups in total. The number of carboxylic acid groups (broad SMARTS) is 1. The molecule has 2 aromatic rings. The molecule has 28 heavy (non-hydrogen) atoms. The van der Waals surface area contributed by atoms with Crippen LogP contribution < -0.4 is 19.9 Å². The van der Waals surface area contributed by atoms with Crippen molar-refractivity contribution in [3.8, 4) is 11.5 Å². The summed E-state index contributed by atoms with van der Waals surface area (Å²) in [4.78, 5) is 35.9. The van der Waals surface area contributed by atoms with Gasteiger partial charge in [0.15, 0.2) is 18.1 Å². The molecule has 144 valence electrons. The van der Waals surface area contributed by atoms with Crippen LogP contribution in [0, 0.1) is 0 Å². The second-order valence-corrected chi connectivity index (χ2v) is 6.12. The van der Waals surface area contributed by atoms with Gasteiger partial charge >= 0.3 is 5.97 Å². The van der Waals surface area contributed by atoms with Crippen LogP contribution in [0.4, 0.5) is 5.69 Å². The second-order valence-electron chi connectivity index (χ2n) is 5.68. The number of hydrogen-bond donors (Lipinski definition) is 2. The van der Waals surface area contributed by atoms with Gasteiger partial charge in [-0.25, -0.2) is 9.80 Å². The highest BCUT2D eigenvalue weighted by Crippen LogP contribution is 2.36. The first kappa shape index (κ1) is 19.2. The molecule has 0 atom stereocenters. The molecule has 2 amide bonds. The maximum Gasteiger partial charge on any atom is 0.341 e. The van der Waals surface area contributed by atoms with Crippen LogP contribution in [0.2, 0.25) is 5.02 Å². The summed E-state index contributed by atoms with van der Waals surface area (Å²) in [6.07, 6.45) is 1.28. The van der Waals surface area contributed by atoms with Gasteiger partial charge in [-0.05, 0) is 24.3 Å². The number of benzene rings is 2. The molecular weight excluding hydrogens is 388 g/mol. The van der Waals surface area contributed by atoms with E-state index in [2.05, 4.69) is 5.43 Å². The van der Waals surface area contributed by atoms with Crippen molar-refractivity contribution in [2.24, 2.45) is 0 Å². The number of carboxylic acids is 1. The van der Waals surface area contributed by atoms with Gasteiger partial charge in [-0.15, -0.1) is 0 Å². The molecule has 3 rings (SSSR count). The molecule has 0 bridgehead atoms. The molecule has 0 radical (unpaired) electrons. The number of methoxy groups -OCH3 is 1. The lowest BCUT2D eigenvalue weighted by atomic mass is 10.1. The first-order valence-corrected chi connectivity index (χ1v) is 8.43. The van der Waals surface area contributed by atoms with Gasteiger partial charge in [0.2, 0.25) is 0 Å². The fourth-order valence-corrected chi connectivity index (χ4v) is 2.82. The number of para-hydroxylation sites is 1. The Kier molecular flexibility index (Phi) is 5.51. The van der Waals surface area contributed by atoms with E-state index in [-0.39, 0.29) is 27.7 Å². The SMILES string of the molecule is COc1cc(Cl)cc(C=C2C(=O)NN(c3ccccc3)C2=O)c1OCC(=O)O. The van der Waals surface area contributed by atoms with E-state index in [1.807, 2.05) is 0 Å². The molecular formula is C19H15ClN2O6. The number of halogens is 1. The van der Waals surface area contributed by atoms with E-state index in [4.69, 9.17) is 26.2 Å². The van der Waals surface area contributed by atoms with Crippen molar-refractivity contribution in [1.82, 2.24) is 5.43 Å². The Morgan fingerprint density at radius 3 is 2.61 bits per heavy atom. The fraction of sp³-hybridized carbons (Fsp3) is 0.105. The number of ether oxygens (including phenoxy) is 2. The lowest BCUT2D eigenvalue weighted by Gasteiger charge is -2.14. The Bertz CT molecular complexity index is 974. The van der Waals surface area contributed by atoms with Crippen LogP contribution in [-0.2, 0) is 14.4 Å². The third kappa shape index (κ3) is 3.91. The normalized spacial score (nSPS) is 14.9. The number of nitrogens with zero attached hydrogens (tertiary/aromatic N) is 1. The lowest BCUT2D eigenvalue weighted by molar-refractivity contribution is -0.139. The summed E-state index contributed by atoms with van der Waals surface area (Å²) in [5.41, 5.74) is 3.05. The van der Waals surface area contributed by atoms with Crippen LogP contribution >= 0.6 is 11.6 Å². The minimum atomic E-state index is -1.19. The van der Waals surface area contributed by atoms with E-state index < -0.39 is 24.4 Å². The molecule has 0 aromatic heterocycles. The maximum absolute atomic E-state index is 12.7. The second kappa shape index (κ2) is 8.01. The molecule has 1 saturated heterocycles. The Hall–Kier alpha value is -3.52. The largest absolute Gasteiger partial charge is 0.493 e. The number of hydrogen-bond acceptors (Lipinski definition) is 5. The number of hydrazine groups is 1. The molecule has 0 aliphatic carbocycles. The summed E-state index contributed by atoms with van der Waals surface area (Å²) in [6.45, 7) is -0.634. The van der Waals surface area contributed by atoms with Crippen LogP contribution in [0.25, 0.3) is 6.08 Å². The number of rotatable bonds is 6. The number of aliphatic carboxylic acids is 1. The molecule has 0 unspecified atom stereocenters. The summed E-state index contributed by atoms with van der Waals surface area (Å²) < 4.78 is 10.5. The van der Waals surface area contributed by atoms with Gasteiger partial charge in [-0.3, -0.25) is 15.0 Å². The molecule has 9 heteroatoms. The zero-order valence-corrected chi connectivity index (χ0v) is 15.4. The predicted molar refractivity (Wildman–Crippen MR) is 101 cm³/mol. The maximum atomic E-state index is 12.7. The van der Waals surface area contributed by atoms with Crippen molar-refractivity contribution in [1.29, 1.82) is 0 Å². The monoisotopic (exact) mass is 402 g/mol. The van der Waals surface area contributed by atoms with E-state index in [9.17, 15) is 14.4 Å². The van der Waals surface area contributed by atoms with Crippen LogP contribution in [-0.4, -0.2) is 36.6 Å². The smallest absolute Gasteiger partial charge is 0.341 e. The highest BCUT2D eigenvalue weighted by Gasteiger charge is 2.34. The quantitative estimate of drug-likeness (QED) is 0.567. The van der Waals surface area contributed by atoms with Crippen molar-refractivity contribution in [2.75, 3.05) is 18.7 Å². The van der Waals surface area contributed by atoms with E-state index in [1.165, 1.54) is 25.3 Å². The number of anilines is 1. The van der Waals surface area contributed by atoms with Gasteiger partial charge in [-0.1, -0.05) is 29.8 Å². The molecule has 2 aromatic carbocycles. The van der Waals surface area contributed by atoms with Gasteiger partial charge in [0, 0.05) is 16.7 Å². The molecule has 8 nitrogen and oxygen atoms in total. The summed E-state index contributed by atoms with van der Waals surface area (Å²) in [6, 6.07) is 11.5. The van der Waals surface area contributed by atoms with Gasteiger partial charge < -0.3 is 14.6 Å². The molecule has 1 fully saturated rings. The van der Waals surface area contributed by atoms with Crippen LogP contribution in [0.3, 0.4) is 0 Å². The highest BCUT2D eigenvalue weighted by molar-refractivity contribution is 6.32. The summed E-state index contributed by atoms with van der Waals surface area (Å²) in [5, 5.41) is 10.3. The van der Waals surface area contributed by atoms with Gasteiger partial charge in [0.1, 0.15) is 5.57 Å². The van der Waals surface area contributed by atoms with E-state index in [0.29, 0.717) is 5.69 Å². The van der Waals surface area contributed by atoms with E-state index in [1.54, 1.807) is 30.3 Å². The van der Waals surface area contributed by atoms with Crippen LogP contribution in [0.5, 0.6) is 11.5 Å². The van der Waals surface area contributed by atoms with Crippen molar-refractivity contribution >= 4 is 41.1 Å². The zero-order chi connectivity index (χ0) is 20.3. The minimum Gasteiger partial charge on any atom is -0.493 e. The van der Waals surface area contributed by atoms with Gasteiger partial charge in [0.25, 0.3) is 11.8 Å². The number of carbonyl (C=O) groups is 3. The van der Waals surface area contributed by atoms with E-state index >= 15 is 0 Å². The predicted octanol–water partition coefficient (Wildman–Crippen LogP) is 2.27. The molecule has 1 heterocycles. The Morgan fingerprint density at radius 2 is 1.96 bits per heavy atom. The third-order valence-electron chi connectivity index (χ3n) is 3.81. The van der Waals surface area contributed by atoms with Crippen molar-refractivity contribution in [3.05, 3.63) is 58.6 Å². The topological polar surface area (TPSA) is 105 Å². The third-order valence-corrected chi connectivity index (χ3v) is 4.03. The Balaban J connectivity index is 2.02. The fourth-order valence-electron chi connectivity index (χ4n) is 2.61. The van der Waals surface area contributed by atoms with Gasteiger partial charge in [-0.2, -0.15) is 0 Å². The first-order valence-electron chi connectivity index (χ1n) is 8.05. The minimum absolute atomic E-state index is 0.0561. The van der Waals surface area contributed by atoms with E-state index in [0.717, 1.165) is 5.01 Å². The summed E-state index contributed by atoms with van der Waals surface area (Å²) >= 11 is 6.07. The summed E-state index contributed by atoms with van der Waals surface area (Å²) in [7, 11) is 1.36. The van der Waals surface area contributed by atoms with Crippen LogP contribution in [0.15, 0.2) is 48.0 Å². The first-order chi connectivity index (χ1) is 13.4. The average molecular weight is 403 g/mol. The highest BCUT2D eigenvalue weighted by atomic mass is 35.5. The van der Waals surface area contributed by atoms with Gasteiger partial charge in [0.05, 0.1) is 12.8 Å². The average Bonchev–Trinajstić information content (AvgIpc) is 2.95. The summed E-state index contributed by atoms with van der Waals surface area (Å²) in [5.74, 6) is -2.15. The van der Waals surface area contributed by atoms with Crippen molar-refractivity contribution < 1.29 is 29.0 Å². The lowest BCUT2D eigenvalue weighted by Crippen LogP contribution is -2.35. The molecule has 1 aliphatic rings. The number of carbonyl (C=O) groups excluding carboxylic acids is 2. The Morgan fingerprint density at radius 1 is 1.25 bits per heavy atom. The Labute approximate surface area is 164 Å². The van der Waals surface area contributed by atoms with Crippen LogP contribution in [0.1, 0.15) is 5.56 Å². The van der Waals surface area contributed by atoms with Crippen molar-refractivity contribution in [2.45, 2.75) is 0 Å². The number of amides is 2. The van der Waals surface area contributed by atoms with Crippen molar-refractivity contribution in [3.63, 3.8) is 0 Å². The number of nitrogens with one attached hydrogen (secondary N) is 1. The molecule has 1 aliphatic heterocycles. The molecule has 0 saturated carbocycles. The standard InChI is InChI=1S/C19H15ClN2O6/c1-27-15-9-12(20)7-11(17(15)28-10-16(23)24)8-14-18(25)21-22(19(14)26)13-5-3-2-4-6-13/h2-9H,10H2,1H3,(H,21,25)(H,23,24).